The number of benzene rings is 2. The van der Waals surface area contributed by atoms with Crippen LogP contribution in [0, 0.1) is 0 Å². The van der Waals surface area contributed by atoms with Crippen molar-refractivity contribution in [1.82, 2.24) is 0 Å². The number of carbonyl (C=O) groups is 1. The molecule has 2 aromatic rings. The molecule has 108 valence electrons. The first-order valence-corrected chi connectivity index (χ1v) is 6.58. The van der Waals surface area contributed by atoms with Crippen molar-refractivity contribution in [3.8, 4) is 0 Å². The van der Waals surface area contributed by atoms with Crippen LogP contribution in [0.25, 0.3) is 0 Å². The van der Waals surface area contributed by atoms with Crippen molar-refractivity contribution in [2.75, 3.05) is 12.4 Å². The number of methoxy groups -OCH3 is 1. The summed E-state index contributed by atoms with van der Waals surface area (Å²) in [6.07, 6.45) is 1.67. The Bertz CT molecular complexity index is 653. The van der Waals surface area contributed by atoms with Gasteiger partial charge in [-0.3, -0.25) is 0 Å². The topological polar surface area (TPSA) is 64.3 Å². The van der Waals surface area contributed by atoms with Gasteiger partial charge in [0.05, 0.1) is 18.4 Å². The highest BCUT2D eigenvalue weighted by atomic mass is 16.5. The first-order chi connectivity index (χ1) is 10.2. The Morgan fingerprint density at radius 1 is 1.19 bits per heavy atom. The molecule has 0 unspecified atom stereocenters. The molecule has 0 radical (unpaired) electrons. The molecule has 2 aromatic carbocycles. The zero-order valence-corrected chi connectivity index (χ0v) is 11.9. The van der Waals surface area contributed by atoms with Crippen LogP contribution in [-0.4, -0.2) is 13.1 Å². The van der Waals surface area contributed by atoms with Crippen LogP contribution < -0.4 is 11.1 Å². The zero-order chi connectivity index (χ0) is 15.2. The molecular weight excluding hydrogens is 264 g/mol. The molecule has 1 atom stereocenters. The molecule has 0 saturated heterocycles. The van der Waals surface area contributed by atoms with Crippen molar-refractivity contribution < 1.29 is 9.53 Å². The minimum atomic E-state index is -0.386. The highest BCUT2D eigenvalue weighted by Gasteiger charge is 2.13. The van der Waals surface area contributed by atoms with Gasteiger partial charge in [0.25, 0.3) is 0 Å². The van der Waals surface area contributed by atoms with E-state index in [1.54, 1.807) is 18.2 Å². The summed E-state index contributed by atoms with van der Waals surface area (Å²) in [6, 6.07) is 14.6. The van der Waals surface area contributed by atoms with E-state index >= 15 is 0 Å². The van der Waals surface area contributed by atoms with E-state index in [0.717, 1.165) is 11.3 Å². The normalized spacial score (nSPS) is 11.5. The van der Waals surface area contributed by atoms with Crippen LogP contribution in [0.15, 0.2) is 61.2 Å². The Labute approximate surface area is 124 Å². The van der Waals surface area contributed by atoms with Crippen LogP contribution in [-0.2, 0) is 4.74 Å². The molecule has 0 spiro atoms. The van der Waals surface area contributed by atoms with E-state index in [1.807, 2.05) is 36.4 Å². The lowest BCUT2D eigenvalue weighted by atomic mass is 10.0. The van der Waals surface area contributed by atoms with E-state index in [2.05, 4.69) is 11.9 Å². The monoisotopic (exact) mass is 282 g/mol. The maximum Gasteiger partial charge on any atom is 0.339 e. The maximum atomic E-state index is 11.8. The molecule has 0 aromatic heterocycles. The first-order valence-electron chi connectivity index (χ1n) is 6.58. The number of anilines is 2. The highest BCUT2D eigenvalue weighted by Crippen LogP contribution is 2.27. The third-order valence-electron chi connectivity index (χ3n) is 3.18. The summed E-state index contributed by atoms with van der Waals surface area (Å²) in [7, 11) is 1.36. The van der Waals surface area contributed by atoms with Gasteiger partial charge in [-0.1, -0.05) is 36.4 Å². The van der Waals surface area contributed by atoms with Gasteiger partial charge in [0.2, 0.25) is 0 Å². The molecule has 0 saturated carbocycles. The average Bonchev–Trinajstić information content (AvgIpc) is 2.54. The number of nitrogens with two attached hydrogens (primary N) is 1. The van der Waals surface area contributed by atoms with Gasteiger partial charge in [-0.25, -0.2) is 4.79 Å². The molecule has 0 aliphatic heterocycles. The highest BCUT2D eigenvalue weighted by molar-refractivity contribution is 5.96. The Hall–Kier alpha value is -2.59. The second-order valence-electron chi connectivity index (χ2n) is 4.51. The first kappa shape index (κ1) is 14.8. The largest absolute Gasteiger partial charge is 0.465 e. The summed E-state index contributed by atoms with van der Waals surface area (Å²) in [6.45, 7) is 3.72. The average molecular weight is 282 g/mol. The van der Waals surface area contributed by atoms with Crippen LogP contribution in [0.3, 0.4) is 0 Å². The number of ether oxygens (including phenoxy) is 1. The van der Waals surface area contributed by atoms with Crippen molar-refractivity contribution in [2.45, 2.75) is 6.04 Å². The molecule has 2 rings (SSSR count). The number of nitrogens with one attached hydrogen (secondary N) is 1. The SMILES string of the molecule is C=C[C@@H](N)c1ccccc1Nc1ccccc1C(=O)OC. The smallest absolute Gasteiger partial charge is 0.339 e. The van der Waals surface area contributed by atoms with Gasteiger partial charge >= 0.3 is 5.97 Å². The van der Waals surface area contributed by atoms with E-state index < -0.39 is 0 Å². The molecule has 4 heteroatoms. The summed E-state index contributed by atoms with van der Waals surface area (Å²) in [4.78, 5) is 11.8. The Morgan fingerprint density at radius 2 is 1.81 bits per heavy atom. The van der Waals surface area contributed by atoms with Crippen LogP contribution in [0.2, 0.25) is 0 Å². The lowest BCUT2D eigenvalue weighted by Crippen LogP contribution is -2.10. The number of rotatable bonds is 5. The van der Waals surface area contributed by atoms with Gasteiger partial charge in [0.15, 0.2) is 0 Å². The summed E-state index contributed by atoms with van der Waals surface area (Å²) in [5, 5.41) is 3.24. The molecule has 0 bridgehead atoms. The number of carbonyl (C=O) groups excluding carboxylic acids is 1. The lowest BCUT2D eigenvalue weighted by Gasteiger charge is -2.16. The van der Waals surface area contributed by atoms with E-state index in [1.165, 1.54) is 7.11 Å². The summed E-state index contributed by atoms with van der Waals surface area (Å²) in [5.41, 5.74) is 8.92. The van der Waals surface area contributed by atoms with Crippen LogP contribution in [0.4, 0.5) is 11.4 Å². The van der Waals surface area contributed by atoms with E-state index in [4.69, 9.17) is 10.5 Å². The van der Waals surface area contributed by atoms with Gasteiger partial charge in [0.1, 0.15) is 0 Å². The van der Waals surface area contributed by atoms with E-state index in [-0.39, 0.29) is 12.0 Å². The molecule has 0 heterocycles. The quantitative estimate of drug-likeness (QED) is 0.651. The molecule has 3 N–H and O–H groups in total. The summed E-state index contributed by atoms with van der Waals surface area (Å²) >= 11 is 0. The number of esters is 1. The molecule has 0 aliphatic rings. The van der Waals surface area contributed by atoms with Crippen molar-refractivity contribution in [1.29, 1.82) is 0 Å². The van der Waals surface area contributed by atoms with Crippen LogP contribution >= 0.6 is 0 Å². The van der Waals surface area contributed by atoms with Crippen LogP contribution in [0.5, 0.6) is 0 Å². The second-order valence-corrected chi connectivity index (χ2v) is 4.51. The molecule has 0 fully saturated rings. The van der Waals surface area contributed by atoms with Gasteiger partial charge in [-0.15, -0.1) is 6.58 Å². The summed E-state index contributed by atoms with van der Waals surface area (Å²) < 4.78 is 4.79. The lowest BCUT2D eigenvalue weighted by molar-refractivity contribution is 0.0602. The second kappa shape index (κ2) is 6.72. The molecular formula is C17H18N2O2. The van der Waals surface area contributed by atoms with E-state index in [0.29, 0.717) is 11.3 Å². The van der Waals surface area contributed by atoms with Crippen molar-refractivity contribution in [3.63, 3.8) is 0 Å². The fraction of sp³-hybridized carbons (Fsp3) is 0.118. The predicted molar refractivity (Wildman–Crippen MR) is 84.6 cm³/mol. The Balaban J connectivity index is 2.40. The molecule has 0 aliphatic carbocycles. The molecule has 4 nitrogen and oxygen atoms in total. The van der Waals surface area contributed by atoms with Gasteiger partial charge in [-0.2, -0.15) is 0 Å². The molecule has 0 amide bonds. The van der Waals surface area contributed by atoms with Gasteiger partial charge < -0.3 is 15.8 Å². The fourth-order valence-corrected chi connectivity index (χ4v) is 2.05. The molecule has 21 heavy (non-hydrogen) atoms. The van der Waals surface area contributed by atoms with Gasteiger partial charge in [-0.05, 0) is 23.8 Å². The number of hydrogen-bond donors (Lipinski definition) is 2. The van der Waals surface area contributed by atoms with Crippen molar-refractivity contribution in [2.24, 2.45) is 5.73 Å². The van der Waals surface area contributed by atoms with Crippen molar-refractivity contribution >= 4 is 17.3 Å². The standard InChI is InChI=1S/C17H18N2O2/c1-3-14(18)12-8-4-6-10-15(12)19-16-11-7-5-9-13(16)17(20)21-2/h3-11,14,19H,1,18H2,2H3/t14-/m1/s1. The Kier molecular flexibility index (Phi) is 4.74. The third kappa shape index (κ3) is 3.30. The van der Waals surface area contributed by atoms with E-state index in [9.17, 15) is 4.79 Å². The van der Waals surface area contributed by atoms with Crippen LogP contribution in [0.1, 0.15) is 22.0 Å². The summed E-state index contributed by atoms with van der Waals surface area (Å²) in [5.74, 6) is -0.386. The minimum Gasteiger partial charge on any atom is -0.465 e. The maximum absolute atomic E-state index is 11.8. The van der Waals surface area contributed by atoms with Gasteiger partial charge in [0, 0.05) is 11.7 Å². The third-order valence-corrected chi connectivity index (χ3v) is 3.18. The Morgan fingerprint density at radius 3 is 2.48 bits per heavy atom. The number of hydrogen-bond acceptors (Lipinski definition) is 4. The van der Waals surface area contributed by atoms with Crippen molar-refractivity contribution in [3.05, 3.63) is 72.3 Å². The predicted octanol–water partition coefficient (Wildman–Crippen LogP) is 3.40. The fourth-order valence-electron chi connectivity index (χ4n) is 2.05. The minimum absolute atomic E-state index is 0.279. The number of para-hydroxylation sites is 2. The zero-order valence-electron chi connectivity index (χ0n) is 11.9.